The molecule has 0 spiro atoms. The van der Waals surface area contributed by atoms with Crippen molar-refractivity contribution >= 4 is 44.8 Å². The van der Waals surface area contributed by atoms with Crippen LogP contribution in [0.25, 0.3) is 10.2 Å². The van der Waals surface area contributed by atoms with Crippen molar-refractivity contribution in [2.45, 2.75) is 13.0 Å². The average Bonchev–Trinajstić information content (AvgIpc) is 3.04. The monoisotopic (exact) mass is 368 g/mol. The summed E-state index contributed by atoms with van der Waals surface area (Å²) in [6.07, 6.45) is 1.45. The summed E-state index contributed by atoms with van der Waals surface area (Å²) in [6.45, 7) is 1.72. The Hall–Kier alpha value is -3.26. The molecule has 0 fully saturated rings. The minimum atomic E-state index is -0.989. The number of aromatic nitrogens is 1. The number of carbonyl (C=O) groups excluding carboxylic acids is 1. The molecule has 0 saturated carbocycles. The summed E-state index contributed by atoms with van der Waals surface area (Å²) in [5.74, 6) is -1.29. The Bertz CT molecular complexity index is 933. The maximum absolute atomic E-state index is 12.1. The van der Waals surface area contributed by atoms with E-state index >= 15 is 0 Å². The molecule has 2 aromatic carbocycles. The van der Waals surface area contributed by atoms with E-state index in [1.54, 1.807) is 19.1 Å². The Balaban J connectivity index is 1.55. The van der Waals surface area contributed by atoms with E-state index in [1.807, 2.05) is 24.3 Å². The number of rotatable bonds is 6. The summed E-state index contributed by atoms with van der Waals surface area (Å²) in [5.41, 5.74) is 4.21. The number of nitrogens with zero attached hydrogens (tertiary/aromatic N) is 2. The highest BCUT2D eigenvalue weighted by Crippen LogP contribution is 2.25. The Morgan fingerprint density at radius 2 is 1.92 bits per heavy atom. The van der Waals surface area contributed by atoms with Crippen LogP contribution in [0.3, 0.4) is 0 Å². The molecule has 26 heavy (non-hydrogen) atoms. The summed E-state index contributed by atoms with van der Waals surface area (Å²) in [7, 11) is 0. The van der Waals surface area contributed by atoms with Gasteiger partial charge in [-0.25, -0.2) is 15.2 Å². The summed E-state index contributed by atoms with van der Waals surface area (Å²) in [6, 6.07) is 13.4. The molecule has 132 valence electrons. The fourth-order valence-electron chi connectivity index (χ4n) is 2.16. The molecule has 0 aliphatic heterocycles. The number of nitrogens with one attached hydrogen (secondary N) is 2. The van der Waals surface area contributed by atoms with E-state index in [4.69, 9.17) is 5.11 Å². The highest BCUT2D eigenvalue weighted by Gasteiger charge is 2.14. The Morgan fingerprint density at radius 3 is 2.62 bits per heavy atom. The fourth-order valence-corrected chi connectivity index (χ4v) is 3.12. The van der Waals surface area contributed by atoms with Gasteiger partial charge in [-0.15, -0.1) is 0 Å². The summed E-state index contributed by atoms with van der Waals surface area (Å²) in [5, 5.41) is 16.5. The van der Waals surface area contributed by atoms with Crippen molar-refractivity contribution in [2.24, 2.45) is 5.10 Å². The van der Waals surface area contributed by atoms with Gasteiger partial charge in [0.15, 0.2) is 5.13 Å². The molecule has 8 heteroatoms. The largest absolute Gasteiger partial charge is 0.478 e. The lowest BCUT2D eigenvalue weighted by Crippen LogP contribution is -2.34. The number of fused-ring (bicyclic) bond motifs is 1. The number of amides is 1. The van der Waals surface area contributed by atoms with Gasteiger partial charge in [-0.1, -0.05) is 35.6 Å². The molecule has 1 atom stereocenters. The normalized spacial score (nSPS) is 12.2. The third-order valence-electron chi connectivity index (χ3n) is 3.57. The number of hydrogen-bond acceptors (Lipinski definition) is 6. The third-order valence-corrected chi connectivity index (χ3v) is 4.54. The molecule has 0 unspecified atom stereocenters. The van der Waals surface area contributed by atoms with Crippen molar-refractivity contribution in [3.05, 3.63) is 59.7 Å². The second-order valence-corrected chi connectivity index (χ2v) is 6.54. The third kappa shape index (κ3) is 4.22. The van der Waals surface area contributed by atoms with E-state index in [-0.39, 0.29) is 11.5 Å². The van der Waals surface area contributed by atoms with E-state index in [0.29, 0.717) is 10.7 Å². The molecular weight excluding hydrogens is 352 g/mol. The Kier molecular flexibility index (Phi) is 5.23. The van der Waals surface area contributed by atoms with Gasteiger partial charge in [0.25, 0.3) is 5.91 Å². The minimum absolute atomic E-state index is 0.194. The topological polar surface area (TPSA) is 104 Å². The lowest BCUT2D eigenvalue weighted by atomic mass is 10.1. The second-order valence-electron chi connectivity index (χ2n) is 5.51. The first-order chi connectivity index (χ1) is 12.5. The molecule has 0 aliphatic rings. The first-order valence-electron chi connectivity index (χ1n) is 7.81. The van der Waals surface area contributed by atoms with Crippen LogP contribution >= 0.6 is 11.3 Å². The summed E-state index contributed by atoms with van der Waals surface area (Å²) < 4.78 is 1.05. The molecule has 1 amide bonds. The maximum Gasteiger partial charge on any atom is 0.335 e. The van der Waals surface area contributed by atoms with Crippen molar-refractivity contribution in [1.82, 2.24) is 10.4 Å². The fraction of sp³-hybridized carbons (Fsp3) is 0.111. The molecule has 0 bridgehead atoms. The van der Waals surface area contributed by atoms with Crippen LogP contribution in [0.4, 0.5) is 5.13 Å². The van der Waals surface area contributed by atoms with Crippen LogP contribution in [0.1, 0.15) is 22.8 Å². The van der Waals surface area contributed by atoms with E-state index in [0.717, 1.165) is 10.2 Å². The number of aromatic carboxylic acids is 1. The standard InChI is InChI=1S/C18H16N4O3S/c1-11(20-18-21-14-4-2-3-5-15(14)26-18)16(23)22-19-10-12-6-8-13(9-7-12)17(24)25/h2-11H,1H3,(H,20,21)(H,22,23)(H,24,25)/b19-10-/t11-/m0/s1. The number of para-hydroxylation sites is 1. The molecule has 0 radical (unpaired) electrons. The molecule has 1 aromatic heterocycles. The molecular formula is C18H16N4O3S. The number of hydrogen-bond donors (Lipinski definition) is 3. The van der Waals surface area contributed by atoms with Crippen molar-refractivity contribution in [3.8, 4) is 0 Å². The van der Waals surface area contributed by atoms with Crippen molar-refractivity contribution in [2.75, 3.05) is 5.32 Å². The predicted octanol–water partition coefficient (Wildman–Crippen LogP) is 2.95. The van der Waals surface area contributed by atoms with Crippen LogP contribution in [0.15, 0.2) is 53.6 Å². The number of thiazole rings is 1. The number of carbonyl (C=O) groups is 2. The van der Waals surface area contributed by atoms with Gasteiger partial charge < -0.3 is 10.4 Å². The molecule has 3 aromatic rings. The van der Waals surface area contributed by atoms with Crippen LogP contribution in [0.2, 0.25) is 0 Å². The molecule has 0 saturated heterocycles. The van der Waals surface area contributed by atoms with Gasteiger partial charge in [-0.3, -0.25) is 4.79 Å². The number of anilines is 1. The van der Waals surface area contributed by atoms with Crippen LogP contribution in [-0.2, 0) is 4.79 Å². The van der Waals surface area contributed by atoms with E-state index < -0.39 is 12.0 Å². The van der Waals surface area contributed by atoms with Crippen LogP contribution < -0.4 is 10.7 Å². The lowest BCUT2D eigenvalue weighted by Gasteiger charge is -2.10. The van der Waals surface area contributed by atoms with Gasteiger partial charge in [0.05, 0.1) is 22.0 Å². The molecule has 1 heterocycles. The maximum atomic E-state index is 12.1. The first-order valence-corrected chi connectivity index (χ1v) is 8.63. The average molecular weight is 368 g/mol. The zero-order chi connectivity index (χ0) is 18.5. The van der Waals surface area contributed by atoms with Crippen LogP contribution in [0.5, 0.6) is 0 Å². The van der Waals surface area contributed by atoms with E-state index in [9.17, 15) is 9.59 Å². The smallest absolute Gasteiger partial charge is 0.335 e. The minimum Gasteiger partial charge on any atom is -0.478 e. The van der Waals surface area contributed by atoms with Crippen LogP contribution in [-0.4, -0.2) is 34.2 Å². The molecule has 7 nitrogen and oxygen atoms in total. The molecule has 3 rings (SSSR count). The van der Waals surface area contributed by atoms with Crippen LogP contribution in [0, 0.1) is 0 Å². The van der Waals surface area contributed by atoms with Gasteiger partial charge in [-0.2, -0.15) is 5.10 Å². The zero-order valence-corrected chi connectivity index (χ0v) is 14.7. The quantitative estimate of drug-likeness (QED) is 0.458. The van der Waals surface area contributed by atoms with Gasteiger partial charge in [0.2, 0.25) is 0 Å². The highest BCUT2D eigenvalue weighted by molar-refractivity contribution is 7.22. The van der Waals surface area contributed by atoms with E-state index in [1.165, 1.54) is 29.7 Å². The van der Waals surface area contributed by atoms with E-state index in [2.05, 4.69) is 20.8 Å². The predicted molar refractivity (Wildman–Crippen MR) is 102 cm³/mol. The van der Waals surface area contributed by atoms with Gasteiger partial charge in [0.1, 0.15) is 6.04 Å². The lowest BCUT2D eigenvalue weighted by molar-refractivity contribution is -0.121. The van der Waals surface area contributed by atoms with Gasteiger partial charge >= 0.3 is 5.97 Å². The van der Waals surface area contributed by atoms with Crippen molar-refractivity contribution in [3.63, 3.8) is 0 Å². The molecule has 0 aliphatic carbocycles. The Morgan fingerprint density at radius 1 is 1.19 bits per heavy atom. The summed E-state index contributed by atoms with van der Waals surface area (Å²) >= 11 is 1.48. The summed E-state index contributed by atoms with van der Waals surface area (Å²) in [4.78, 5) is 27.3. The zero-order valence-electron chi connectivity index (χ0n) is 13.8. The van der Waals surface area contributed by atoms with Gasteiger partial charge in [0, 0.05) is 0 Å². The number of carboxylic acid groups (broad SMARTS) is 1. The van der Waals surface area contributed by atoms with Gasteiger partial charge in [-0.05, 0) is 36.8 Å². The highest BCUT2D eigenvalue weighted by atomic mass is 32.1. The Labute approximate surface area is 153 Å². The van der Waals surface area contributed by atoms with Crippen molar-refractivity contribution < 1.29 is 14.7 Å². The molecule has 3 N–H and O–H groups in total. The number of hydrazone groups is 1. The second kappa shape index (κ2) is 7.75. The SMILES string of the molecule is C[C@H](Nc1nc2ccccc2s1)C(=O)N/N=C\c1ccc(C(=O)O)cc1. The first kappa shape index (κ1) is 17.6. The number of carboxylic acids is 1. The van der Waals surface area contributed by atoms with Crippen molar-refractivity contribution in [1.29, 1.82) is 0 Å². The number of benzene rings is 2.